The monoisotopic (exact) mass is 401 g/mol. The number of amidine groups is 1. The van der Waals surface area contributed by atoms with Crippen molar-refractivity contribution >= 4 is 28.5 Å². The third kappa shape index (κ3) is 4.65. The van der Waals surface area contributed by atoms with E-state index in [9.17, 15) is 9.18 Å². The second kappa shape index (κ2) is 8.22. The maximum absolute atomic E-state index is 14.3. The van der Waals surface area contributed by atoms with Crippen molar-refractivity contribution in [2.24, 2.45) is 10.7 Å². The zero-order valence-corrected chi connectivity index (χ0v) is 17.0. The molecule has 0 spiro atoms. The number of nitrogens with one attached hydrogen (secondary N) is 1. The first-order valence-corrected chi connectivity index (χ1v) is 10.1. The Hall–Kier alpha value is -2.54. The van der Waals surface area contributed by atoms with Crippen LogP contribution in [-0.4, -0.2) is 22.9 Å². The molecule has 1 unspecified atom stereocenters. The first-order valence-electron chi connectivity index (χ1n) is 9.13. The zero-order valence-electron chi connectivity index (χ0n) is 16.2. The third-order valence-electron chi connectivity index (χ3n) is 4.52. The van der Waals surface area contributed by atoms with Gasteiger partial charge in [-0.25, -0.2) is 4.39 Å². The summed E-state index contributed by atoms with van der Waals surface area (Å²) in [6, 6.07) is 11.4. The highest BCUT2D eigenvalue weighted by Gasteiger charge is 2.30. The van der Waals surface area contributed by atoms with Crippen LogP contribution in [0.5, 0.6) is 5.75 Å². The minimum Gasteiger partial charge on any atom is -0.491 e. The van der Waals surface area contributed by atoms with E-state index in [0.717, 1.165) is 17.7 Å². The standard InChI is InChI=1S/C21H24FN3O2S/c1-13(2)27-16-7-4-14(5-8-16)19(26)24-18-12-15(6-9-17(18)22)21(3)10-11-28-20(23)25-21/h4-9,12-13H,10-11H2,1-3H3,(H2,23,25)(H,24,26). The average molecular weight is 402 g/mol. The van der Waals surface area contributed by atoms with Crippen LogP contribution in [0.15, 0.2) is 47.5 Å². The Morgan fingerprint density at radius 3 is 2.64 bits per heavy atom. The molecule has 0 aromatic heterocycles. The van der Waals surface area contributed by atoms with Crippen LogP contribution in [0, 0.1) is 5.82 Å². The summed E-state index contributed by atoms with van der Waals surface area (Å²) in [5, 5.41) is 3.18. The Morgan fingerprint density at radius 2 is 2.00 bits per heavy atom. The van der Waals surface area contributed by atoms with Gasteiger partial charge in [0.25, 0.3) is 5.91 Å². The van der Waals surface area contributed by atoms with Crippen molar-refractivity contribution in [3.8, 4) is 5.75 Å². The summed E-state index contributed by atoms with van der Waals surface area (Å²) >= 11 is 1.51. The van der Waals surface area contributed by atoms with Gasteiger partial charge in [0, 0.05) is 11.3 Å². The van der Waals surface area contributed by atoms with Crippen molar-refractivity contribution in [3.63, 3.8) is 0 Å². The molecular weight excluding hydrogens is 377 g/mol. The van der Waals surface area contributed by atoms with Crippen LogP contribution >= 0.6 is 11.8 Å². The highest BCUT2D eigenvalue weighted by atomic mass is 32.2. The van der Waals surface area contributed by atoms with E-state index < -0.39 is 11.4 Å². The molecule has 148 valence electrons. The predicted molar refractivity (Wildman–Crippen MR) is 113 cm³/mol. The van der Waals surface area contributed by atoms with Gasteiger partial charge in [0.2, 0.25) is 0 Å². The molecule has 0 fully saturated rings. The SMILES string of the molecule is CC(C)Oc1ccc(C(=O)Nc2cc(C3(C)CCSC(N)=N3)ccc2F)cc1. The van der Waals surface area contributed by atoms with Gasteiger partial charge in [0.1, 0.15) is 11.6 Å². The van der Waals surface area contributed by atoms with E-state index >= 15 is 0 Å². The number of amides is 1. The molecule has 3 rings (SSSR count). The van der Waals surface area contributed by atoms with Gasteiger partial charge < -0.3 is 15.8 Å². The van der Waals surface area contributed by atoms with Crippen molar-refractivity contribution < 1.29 is 13.9 Å². The van der Waals surface area contributed by atoms with Crippen LogP contribution in [0.3, 0.4) is 0 Å². The summed E-state index contributed by atoms with van der Waals surface area (Å²) in [6.45, 7) is 5.82. The number of anilines is 1. The van der Waals surface area contributed by atoms with Crippen molar-refractivity contribution in [2.45, 2.75) is 38.8 Å². The molecule has 1 aliphatic rings. The number of benzene rings is 2. The number of aliphatic imine (C=N–C) groups is 1. The molecule has 2 aromatic carbocycles. The second-order valence-corrected chi connectivity index (χ2v) is 8.28. The highest BCUT2D eigenvalue weighted by molar-refractivity contribution is 8.13. The molecule has 0 radical (unpaired) electrons. The lowest BCUT2D eigenvalue weighted by Gasteiger charge is -2.30. The number of hydrogen-bond acceptors (Lipinski definition) is 5. The molecule has 0 bridgehead atoms. The Morgan fingerprint density at radius 1 is 1.29 bits per heavy atom. The van der Waals surface area contributed by atoms with E-state index in [-0.39, 0.29) is 17.7 Å². The van der Waals surface area contributed by atoms with Gasteiger partial charge in [0.05, 0.1) is 17.3 Å². The van der Waals surface area contributed by atoms with Crippen molar-refractivity contribution in [1.29, 1.82) is 0 Å². The molecule has 1 atom stereocenters. The number of rotatable bonds is 5. The van der Waals surface area contributed by atoms with Crippen molar-refractivity contribution in [2.75, 3.05) is 11.1 Å². The average Bonchev–Trinajstić information content (AvgIpc) is 2.63. The summed E-state index contributed by atoms with van der Waals surface area (Å²) < 4.78 is 19.9. The van der Waals surface area contributed by atoms with Crippen LogP contribution in [0.1, 0.15) is 43.1 Å². The van der Waals surface area contributed by atoms with Gasteiger partial charge in [0.15, 0.2) is 5.17 Å². The fraction of sp³-hybridized carbons (Fsp3) is 0.333. The first kappa shape index (κ1) is 20.2. The summed E-state index contributed by atoms with van der Waals surface area (Å²) in [6.07, 6.45) is 0.835. The molecule has 2 aromatic rings. The largest absolute Gasteiger partial charge is 0.491 e. The molecular formula is C21H24FN3O2S. The lowest BCUT2D eigenvalue weighted by Crippen LogP contribution is -2.29. The topological polar surface area (TPSA) is 76.7 Å². The molecule has 1 heterocycles. The van der Waals surface area contributed by atoms with E-state index in [2.05, 4.69) is 10.3 Å². The Labute approximate surface area is 168 Å². The summed E-state index contributed by atoms with van der Waals surface area (Å²) in [7, 11) is 0. The van der Waals surface area contributed by atoms with Gasteiger partial charge in [-0.3, -0.25) is 9.79 Å². The number of halogens is 1. The van der Waals surface area contributed by atoms with Crippen LogP contribution in [0.25, 0.3) is 0 Å². The molecule has 3 N–H and O–H groups in total. The Kier molecular flexibility index (Phi) is 5.93. The number of ether oxygens (including phenoxy) is 1. The number of carbonyl (C=O) groups excluding carboxylic acids is 1. The molecule has 5 nitrogen and oxygen atoms in total. The smallest absolute Gasteiger partial charge is 0.255 e. The first-order chi connectivity index (χ1) is 13.3. The van der Waals surface area contributed by atoms with Crippen molar-refractivity contribution in [1.82, 2.24) is 0 Å². The molecule has 0 aliphatic carbocycles. The summed E-state index contributed by atoms with van der Waals surface area (Å²) in [5.41, 5.74) is 6.70. The van der Waals surface area contributed by atoms with Crippen molar-refractivity contribution in [3.05, 3.63) is 59.4 Å². The third-order valence-corrected chi connectivity index (χ3v) is 5.32. The van der Waals surface area contributed by atoms with Crippen LogP contribution in [-0.2, 0) is 5.54 Å². The Balaban J connectivity index is 1.80. The second-order valence-electron chi connectivity index (χ2n) is 7.16. The number of nitrogens with zero attached hydrogens (tertiary/aromatic N) is 1. The summed E-state index contributed by atoms with van der Waals surface area (Å²) in [4.78, 5) is 17.1. The summed E-state index contributed by atoms with van der Waals surface area (Å²) in [5.74, 6) is 0.635. The van der Waals surface area contributed by atoms with Crippen LogP contribution < -0.4 is 15.8 Å². The van der Waals surface area contributed by atoms with Gasteiger partial charge in [-0.15, -0.1) is 0 Å². The lowest BCUT2D eigenvalue weighted by molar-refractivity contribution is 0.102. The minimum atomic E-state index is -0.529. The maximum atomic E-state index is 14.3. The van der Waals surface area contributed by atoms with E-state index in [1.165, 1.54) is 17.8 Å². The number of carbonyl (C=O) groups is 1. The molecule has 0 saturated heterocycles. The Bertz CT molecular complexity index is 899. The zero-order chi connectivity index (χ0) is 20.3. The highest BCUT2D eigenvalue weighted by Crippen LogP contribution is 2.36. The molecule has 1 aliphatic heterocycles. The van der Waals surface area contributed by atoms with Crippen LogP contribution in [0.2, 0.25) is 0 Å². The lowest BCUT2D eigenvalue weighted by atomic mass is 9.89. The fourth-order valence-electron chi connectivity index (χ4n) is 3.00. The molecule has 0 saturated carbocycles. The number of thioether (sulfide) groups is 1. The van der Waals surface area contributed by atoms with Gasteiger partial charge in [-0.05, 0) is 69.2 Å². The molecule has 1 amide bonds. The number of nitrogens with two attached hydrogens (primary N) is 1. The minimum absolute atomic E-state index is 0.0489. The van der Waals surface area contributed by atoms with E-state index in [1.807, 2.05) is 20.8 Å². The van der Waals surface area contributed by atoms with E-state index in [0.29, 0.717) is 16.5 Å². The van der Waals surface area contributed by atoms with E-state index in [1.54, 1.807) is 36.4 Å². The number of hydrogen-bond donors (Lipinski definition) is 2. The van der Waals surface area contributed by atoms with Gasteiger partial charge in [-0.1, -0.05) is 17.8 Å². The fourth-order valence-corrected chi connectivity index (χ4v) is 3.98. The normalized spacial score (nSPS) is 19.2. The van der Waals surface area contributed by atoms with E-state index in [4.69, 9.17) is 10.5 Å². The maximum Gasteiger partial charge on any atom is 0.255 e. The van der Waals surface area contributed by atoms with Gasteiger partial charge >= 0.3 is 0 Å². The quantitative estimate of drug-likeness (QED) is 0.772. The predicted octanol–water partition coefficient (Wildman–Crippen LogP) is 4.53. The molecule has 7 heteroatoms. The van der Waals surface area contributed by atoms with Gasteiger partial charge in [-0.2, -0.15) is 0 Å². The van der Waals surface area contributed by atoms with Crippen LogP contribution in [0.4, 0.5) is 10.1 Å². The molecule has 28 heavy (non-hydrogen) atoms.